The zero-order valence-corrected chi connectivity index (χ0v) is 13.4. The van der Waals surface area contributed by atoms with Gasteiger partial charge in [0.2, 0.25) is 5.91 Å². The topological polar surface area (TPSA) is 53.8 Å². The van der Waals surface area contributed by atoms with Gasteiger partial charge in [-0.05, 0) is 25.8 Å². The van der Waals surface area contributed by atoms with Gasteiger partial charge in [0, 0.05) is 44.1 Å². The SMILES string of the molecule is Cc1ccoc1C(=O)N(C)C[C@@H]1CC(=O)N(C2CCCC2)C1. The summed E-state index contributed by atoms with van der Waals surface area (Å²) in [6.45, 7) is 3.26. The fourth-order valence-electron chi connectivity index (χ4n) is 3.74. The van der Waals surface area contributed by atoms with E-state index >= 15 is 0 Å². The summed E-state index contributed by atoms with van der Waals surface area (Å²) in [4.78, 5) is 28.3. The van der Waals surface area contributed by atoms with Crippen molar-refractivity contribution in [3.63, 3.8) is 0 Å². The van der Waals surface area contributed by atoms with Crippen molar-refractivity contribution in [3.05, 3.63) is 23.7 Å². The Balaban J connectivity index is 1.58. The van der Waals surface area contributed by atoms with E-state index < -0.39 is 0 Å². The highest BCUT2D eigenvalue weighted by Crippen LogP contribution is 2.29. The van der Waals surface area contributed by atoms with Crippen LogP contribution >= 0.6 is 0 Å². The third-order valence-electron chi connectivity index (χ3n) is 4.94. The van der Waals surface area contributed by atoms with E-state index in [2.05, 4.69) is 0 Å². The van der Waals surface area contributed by atoms with Crippen LogP contribution in [-0.2, 0) is 4.79 Å². The Morgan fingerprint density at radius 2 is 2.14 bits per heavy atom. The summed E-state index contributed by atoms with van der Waals surface area (Å²) in [7, 11) is 1.78. The van der Waals surface area contributed by atoms with Crippen LogP contribution in [0, 0.1) is 12.8 Å². The largest absolute Gasteiger partial charge is 0.459 e. The first-order chi connectivity index (χ1) is 10.6. The summed E-state index contributed by atoms with van der Waals surface area (Å²) < 4.78 is 5.27. The number of rotatable bonds is 4. The molecule has 0 aromatic carbocycles. The van der Waals surface area contributed by atoms with Crippen molar-refractivity contribution in [1.29, 1.82) is 0 Å². The van der Waals surface area contributed by atoms with Crippen LogP contribution in [0.2, 0.25) is 0 Å². The summed E-state index contributed by atoms with van der Waals surface area (Å²) in [5.74, 6) is 0.790. The van der Waals surface area contributed by atoms with E-state index in [4.69, 9.17) is 4.42 Å². The highest BCUT2D eigenvalue weighted by atomic mass is 16.3. The molecular formula is C17H24N2O3. The molecule has 0 bridgehead atoms. The molecule has 2 heterocycles. The van der Waals surface area contributed by atoms with Crippen LogP contribution in [0.15, 0.2) is 16.7 Å². The monoisotopic (exact) mass is 304 g/mol. The predicted octanol–water partition coefficient (Wildman–Crippen LogP) is 2.45. The van der Waals surface area contributed by atoms with E-state index in [-0.39, 0.29) is 17.7 Å². The van der Waals surface area contributed by atoms with Crippen molar-refractivity contribution < 1.29 is 14.0 Å². The second-order valence-electron chi connectivity index (χ2n) is 6.67. The van der Waals surface area contributed by atoms with Gasteiger partial charge in [-0.15, -0.1) is 0 Å². The van der Waals surface area contributed by atoms with Gasteiger partial charge < -0.3 is 14.2 Å². The average Bonchev–Trinajstić information content (AvgIpc) is 3.19. The lowest BCUT2D eigenvalue weighted by Crippen LogP contribution is -2.36. The Morgan fingerprint density at radius 3 is 2.77 bits per heavy atom. The summed E-state index contributed by atoms with van der Waals surface area (Å²) in [6, 6.07) is 2.23. The molecule has 0 unspecified atom stereocenters. The number of hydrogen-bond donors (Lipinski definition) is 0. The molecule has 22 heavy (non-hydrogen) atoms. The number of carbonyl (C=O) groups is 2. The molecule has 0 N–H and O–H groups in total. The quantitative estimate of drug-likeness (QED) is 0.858. The summed E-state index contributed by atoms with van der Waals surface area (Å²) in [6.07, 6.45) is 6.84. The molecule has 1 aromatic heterocycles. The highest BCUT2D eigenvalue weighted by molar-refractivity contribution is 5.92. The molecule has 0 radical (unpaired) electrons. The molecular weight excluding hydrogens is 280 g/mol. The van der Waals surface area contributed by atoms with Crippen LogP contribution < -0.4 is 0 Å². The van der Waals surface area contributed by atoms with Crippen LogP contribution in [0.25, 0.3) is 0 Å². The van der Waals surface area contributed by atoms with Gasteiger partial charge in [0.1, 0.15) is 0 Å². The second-order valence-corrected chi connectivity index (χ2v) is 6.67. The van der Waals surface area contributed by atoms with Crippen molar-refractivity contribution in [2.45, 2.75) is 45.1 Å². The van der Waals surface area contributed by atoms with Crippen molar-refractivity contribution >= 4 is 11.8 Å². The molecule has 1 atom stereocenters. The minimum Gasteiger partial charge on any atom is -0.459 e. The normalized spacial score (nSPS) is 22.5. The number of hydrogen-bond acceptors (Lipinski definition) is 3. The Labute approximate surface area is 131 Å². The number of furan rings is 1. The summed E-state index contributed by atoms with van der Waals surface area (Å²) in [5, 5.41) is 0. The van der Waals surface area contributed by atoms with Gasteiger partial charge in [0.25, 0.3) is 5.91 Å². The first kappa shape index (κ1) is 15.1. The second kappa shape index (κ2) is 6.15. The lowest BCUT2D eigenvalue weighted by Gasteiger charge is -2.25. The number of carbonyl (C=O) groups excluding carboxylic acids is 2. The zero-order valence-electron chi connectivity index (χ0n) is 13.4. The van der Waals surface area contributed by atoms with Crippen molar-refractivity contribution in [2.24, 2.45) is 5.92 Å². The van der Waals surface area contributed by atoms with Crippen molar-refractivity contribution in [2.75, 3.05) is 20.1 Å². The minimum absolute atomic E-state index is 0.103. The molecule has 1 aromatic rings. The van der Waals surface area contributed by atoms with Gasteiger partial charge in [0.15, 0.2) is 5.76 Å². The smallest absolute Gasteiger partial charge is 0.289 e. The number of likely N-dealkylation sites (tertiary alicyclic amines) is 1. The van der Waals surface area contributed by atoms with Crippen LogP contribution in [0.4, 0.5) is 0 Å². The van der Waals surface area contributed by atoms with Crippen molar-refractivity contribution in [3.8, 4) is 0 Å². The lowest BCUT2D eigenvalue weighted by molar-refractivity contribution is -0.129. The summed E-state index contributed by atoms with van der Waals surface area (Å²) >= 11 is 0. The van der Waals surface area contributed by atoms with E-state index in [0.29, 0.717) is 24.8 Å². The third kappa shape index (κ3) is 2.89. The van der Waals surface area contributed by atoms with Crippen LogP contribution in [0.3, 0.4) is 0 Å². The van der Waals surface area contributed by atoms with Gasteiger partial charge in [-0.25, -0.2) is 0 Å². The van der Waals surface area contributed by atoms with Gasteiger partial charge in [0.05, 0.1) is 6.26 Å². The van der Waals surface area contributed by atoms with E-state index in [0.717, 1.165) is 24.9 Å². The maximum Gasteiger partial charge on any atom is 0.289 e. The molecule has 1 aliphatic carbocycles. The molecule has 1 aliphatic heterocycles. The summed E-state index contributed by atoms with van der Waals surface area (Å²) in [5.41, 5.74) is 0.854. The predicted molar refractivity (Wildman–Crippen MR) is 82.5 cm³/mol. The molecule has 1 saturated heterocycles. The minimum atomic E-state index is -0.103. The maximum absolute atomic E-state index is 12.4. The molecule has 5 nitrogen and oxygen atoms in total. The van der Waals surface area contributed by atoms with E-state index in [1.165, 1.54) is 19.1 Å². The number of amides is 2. The number of nitrogens with zero attached hydrogens (tertiary/aromatic N) is 2. The molecule has 0 spiro atoms. The molecule has 2 fully saturated rings. The molecule has 120 valence electrons. The Hall–Kier alpha value is -1.78. The van der Waals surface area contributed by atoms with Crippen LogP contribution in [-0.4, -0.2) is 47.8 Å². The van der Waals surface area contributed by atoms with Gasteiger partial charge in [-0.3, -0.25) is 9.59 Å². The standard InChI is InChI=1S/C17H24N2O3/c1-12-7-8-22-16(12)17(21)18(2)10-13-9-15(20)19(11-13)14-5-3-4-6-14/h7-8,13-14H,3-6,9-11H2,1-2H3/t13-/m0/s1. The third-order valence-corrected chi connectivity index (χ3v) is 4.94. The molecule has 2 amide bonds. The lowest BCUT2D eigenvalue weighted by atomic mass is 10.1. The molecule has 2 aliphatic rings. The molecule has 3 rings (SSSR count). The molecule has 5 heteroatoms. The van der Waals surface area contributed by atoms with Gasteiger partial charge >= 0.3 is 0 Å². The zero-order chi connectivity index (χ0) is 15.7. The van der Waals surface area contributed by atoms with Crippen molar-refractivity contribution in [1.82, 2.24) is 9.80 Å². The fraction of sp³-hybridized carbons (Fsp3) is 0.647. The van der Waals surface area contributed by atoms with Gasteiger partial charge in [-0.2, -0.15) is 0 Å². The van der Waals surface area contributed by atoms with Crippen LogP contribution in [0.5, 0.6) is 0 Å². The Morgan fingerprint density at radius 1 is 1.41 bits per heavy atom. The first-order valence-corrected chi connectivity index (χ1v) is 8.15. The van der Waals surface area contributed by atoms with E-state index in [9.17, 15) is 9.59 Å². The first-order valence-electron chi connectivity index (χ1n) is 8.15. The Kier molecular flexibility index (Phi) is 4.23. The number of aryl methyl sites for hydroxylation is 1. The van der Waals surface area contributed by atoms with Crippen LogP contribution in [0.1, 0.15) is 48.2 Å². The van der Waals surface area contributed by atoms with E-state index in [1.807, 2.05) is 11.8 Å². The fourth-order valence-corrected chi connectivity index (χ4v) is 3.74. The highest BCUT2D eigenvalue weighted by Gasteiger charge is 2.36. The van der Waals surface area contributed by atoms with E-state index in [1.54, 1.807) is 18.0 Å². The van der Waals surface area contributed by atoms with Gasteiger partial charge in [-0.1, -0.05) is 12.8 Å². The average molecular weight is 304 g/mol. The Bertz CT molecular complexity index is 560. The molecule has 1 saturated carbocycles. The maximum atomic E-state index is 12.4.